The highest BCUT2D eigenvalue weighted by atomic mass is 35.5. The average molecular weight is 472 g/mol. The maximum absolute atomic E-state index is 13.6. The molecule has 5 rings (SSSR count). The van der Waals surface area contributed by atoms with E-state index in [9.17, 15) is 13.6 Å². The van der Waals surface area contributed by atoms with Crippen LogP contribution in [0.3, 0.4) is 0 Å². The Labute approximate surface area is 192 Å². The second kappa shape index (κ2) is 8.11. The third-order valence-corrected chi connectivity index (χ3v) is 6.23. The first-order chi connectivity index (χ1) is 15.4. The van der Waals surface area contributed by atoms with Gasteiger partial charge in [0.25, 0.3) is 0 Å². The largest absolute Gasteiger partial charge is 0.356 e. The van der Waals surface area contributed by atoms with Gasteiger partial charge in [-0.3, -0.25) is 0 Å². The first-order valence-electron chi connectivity index (χ1n) is 9.99. The number of nitrogens with zero attached hydrogens (tertiary/aromatic N) is 1. The molecule has 0 bridgehead atoms. The van der Waals surface area contributed by atoms with Crippen LogP contribution in [0.1, 0.15) is 22.9 Å². The minimum atomic E-state index is -0.562. The van der Waals surface area contributed by atoms with Gasteiger partial charge in [0.2, 0.25) is 0 Å². The molecule has 32 heavy (non-hydrogen) atoms. The third-order valence-electron chi connectivity index (χ3n) is 5.71. The van der Waals surface area contributed by atoms with Crippen LogP contribution in [0.4, 0.5) is 19.3 Å². The second-order valence-electron chi connectivity index (χ2n) is 7.66. The van der Waals surface area contributed by atoms with Crippen molar-refractivity contribution in [2.45, 2.75) is 12.5 Å². The number of H-pyrrole nitrogens is 1. The summed E-state index contributed by atoms with van der Waals surface area (Å²) in [6.45, 7) is 0.426. The number of aromatic amines is 1. The molecule has 4 aromatic rings. The highest BCUT2D eigenvalue weighted by molar-refractivity contribution is 6.31. The number of rotatable bonds is 2. The van der Waals surface area contributed by atoms with Gasteiger partial charge in [0, 0.05) is 33.9 Å². The topological polar surface area (TPSA) is 48.1 Å². The van der Waals surface area contributed by atoms with E-state index in [1.165, 1.54) is 30.3 Å². The Morgan fingerprint density at radius 1 is 1.03 bits per heavy atom. The molecule has 1 aliphatic rings. The molecule has 0 unspecified atom stereocenters. The van der Waals surface area contributed by atoms with Gasteiger partial charge < -0.3 is 15.2 Å². The van der Waals surface area contributed by atoms with E-state index in [0.29, 0.717) is 23.7 Å². The van der Waals surface area contributed by atoms with Crippen molar-refractivity contribution in [2.75, 3.05) is 11.9 Å². The SMILES string of the molecule is O=C(Nc1ccc(F)c(Cl)c1)N1CCc2c([nH]c3ccc(Cl)cc23)[C@@H]1c1ccc(F)cc1. The van der Waals surface area contributed by atoms with Gasteiger partial charge in [0.15, 0.2) is 0 Å². The number of fused-ring (bicyclic) bond motifs is 3. The van der Waals surface area contributed by atoms with Crippen LogP contribution >= 0.6 is 23.2 Å². The molecule has 4 nitrogen and oxygen atoms in total. The van der Waals surface area contributed by atoms with E-state index in [0.717, 1.165) is 27.7 Å². The Morgan fingerprint density at radius 3 is 2.56 bits per heavy atom. The number of nitrogens with one attached hydrogen (secondary N) is 2. The molecule has 1 aliphatic heterocycles. The number of halogens is 4. The van der Waals surface area contributed by atoms with Crippen molar-refractivity contribution in [2.24, 2.45) is 0 Å². The molecule has 0 saturated heterocycles. The van der Waals surface area contributed by atoms with Gasteiger partial charge in [0.05, 0.1) is 11.1 Å². The minimum absolute atomic E-state index is 0.0775. The summed E-state index contributed by atoms with van der Waals surface area (Å²) in [7, 11) is 0. The molecule has 0 fully saturated rings. The fraction of sp³-hybridized carbons (Fsp3) is 0.125. The number of hydrogen-bond acceptors (Lipinski definition) is 1. The van der Waals surface area contributed by atoms with Gasteiger partial charge in [-0.1, -0.05) is 35.3 Å². The molecule has 0 saturated carbocycles. The molecule has 3 aromatic carbocycles. The number of hydrogen-bond donors (Lipinski definition) is 2. The first-order valence-corrected chi connectivity index (χ1v) is 10.7. The predicted molar refractivity (Wildman–Crippen MR) is 122 cm³/mol. The number of urea groups is 1. The Kier molecular flexibility index (Phi) is 5.27. The molecule has 8 heteroatoms. The van der Waals surface area contributed by atoms with Crippen LogP contribution in [0, 0.1) is 11.6 Å². The number of carbonyl (C=O) groups is 1. The van der Waals surface area contributed by atoms with Crippen molar-refractivity contribution < 1.29 is 13.6 Å². The fourth-order valence-electron chi connectivity index (χ4n) is 4.24. The van der Waals surface area contributed by atoms with E-state index in [-0.39, 0.29) is 16.9 Å². The number of amides is 2. The Morgan fingerprint density at radius 2 is 1.81 bits per heavy atom. The van der Waals surface area contributed by atoms with Crippen LogP contribution in [0.15, 0.2) is 60.7 Å². The molecule has 1 aromatic heterocycles. The van der Waals surface area contributed by atoms with Gasteiger partial charge >= 0.3 is 6.03 Å². The van der Waals surface area contributed by atoms with Crippen molar-refractivity contribution >= 4 is 45.8 Å². The molecule has 2 amide bonds. The molecular formula is C24H17Cl2F2N3O. The molecule has 0 aliphatic carbocycles. The van der Waals surface area contributed by atoms with Crippen molar-refractivity contribution in [1.29, 1.82) is 0 Å². The summed E-state index contributed by atoms with van der Waals surface area (Å²) in [4.78, 5) is 18.4. The maximum Gasteiger partial charge on any atom is 0.322 e. The fourth-order valence-corrected chi connectivity index (χ4v) is 4.59. The van der Waals surface area contributed by atoms with Crippen molar-refractivity contribution in [3.8, 4) is 0 Å². The molecule has 1 atom stereocenters. The summed E-state index contributed by atoms with van der Waals surface area (Å²) in [6, 6.07) is 14.9. The van der Waals surface area contributed by atoms with E-state index < -0.39 is 11.9 Å². The van der Waals surface area contributed by atoms with Crippen LogP contribution in [0.5, 0.6) is 0 Å². The lowest BCUT2D eigenvalue weighted by Crippen LogP contribution is -2.43. The zero-order chi connectivity index (χ0) is 22.4. The summed E-state index contributed by atoms with van der Waals surface area (Å²) in [6.07, 6.45) is 0.616. The van der Waals surface area contributed by atoms with Gasteiger partial charge in [-0.05, 0) is 66.1 Å². The van der Waals surface area contributed by atoms with Crippen LogP contribution in [-0.4, -0.2) is 22.5 Å². The Balaban J connectivity index is 1.57. The summed E-state index contributed by atoms with van der Waals surface area (Å²) in [5, 5.41) is 4.35. The third kappa shape index (κ3) is 3.70. The predicted octanol–water partition coefficient (Wildman–Crippen LogP) is 6.93. The van der Waals surface area contributed by atoms with Gasteiger partial charge in [-0.2, -0.15) is 0 Å². The number of anilines is 1. The standard InChI is InChI=1S/C24H17Cl2F2N3O/c25-14-3-8-21-18(11-14)17-9-10-31(24(32)29-16-6-7-20(28)19(26)12-16)23(22(17)30-21)13-1-4-15(27)5-2-13/h1-8,11-12,23,30H,9-10H2,(H,29,32)/t23-/m0/s1. The van der Waals surface area contributed by atoms with Gasteiger partial charge in [-0.15, -0.1) is 0 Å². The van der Waals surface area contributed by atoms with E-state index in [1.54, 1.807) is 17.0 Å². The number of benzene rings is 3. The molecule has 2 N–H and O–H groups in total. The average Bonchev–Trinajstić information content (AvgIpc) is 3.14. The van der Waals surface area contributed by atoms with E-state index in [4.69, 9.17) is 23.2 Å². The lowest BCUT2D eigenvalue weighted by Gasteiger charge is -2.36. The minimum Gasteiger partial charge on any atom is -0.356 e. The second-order valence-corrected chi connectivity index (χ2v) is 8.51. The Bertz CT molecular complexity index is 1340. The van der Waals surface area contributed by atoms with E-state index in [1.807, 2.05) is 18.2 Å². The lowest BCUT2D eigenvalue weighted by molar-refractivity contribution is 0.193. The summed E-state index contributed by atoms with van der Waals surface area (Å²) in [5.74, 6) is -0.918. The number of aromatic nitrogens is 1. The van der Waals surface area contributed by atoms with Crippen molar-refractivity contribution in [3.63, 3.8) is 0 Å². The monoisotopic (exact) mass is 471 g/mol. The lowest BCUT2D eigenvalue weighted by atomic mass is 9.92. The zero-order valence-corrected chi connectivity index (χ0v) is 18.1. The molecule has 0 spiro atoms. The van der Waals surface area contributed by atoms with Gasteiger partial charge in [0.1, 0.15) is 11.6 Å². The summed E-state index contributed by atoms with van der Waals surface area (Å²) >= 11 is 12.1. The quantitative estimate of drug-likeness (QED) is 0.327. The molecular weight excluding hydrogens is 455 g/mol. The summed E-state index contributed by atoms with van der Waals surface area (Å²) < 4.78 is 27.1. The van der Waals surface area contributed by atoms with Crippen molar-refractivity contribution in [1.82, 2.24) is 9.88 Å². The van der Waals surface area contributed by atoms with Crippen LogP contribution < -0.4 is 5.32 Å². The molecule has 0 radical (unpaired) electrons. The maximum atomic E-state index is 13.6. The first kappa shape index (κ1) is 20.8. The van der Waals surface area contributed by atoms with E-state index >= 15 is 0 Å². The zero-order valence-electron chi connectivity index (χ0n) is 16.6. The van der Waals surface area contributed by atoms with Crippen LogP contribution in [0.25, 0.3) is 10.9 Å². The van der Waals surface area contributed by atoms with E-state index in [2.05, 4.69) is 10.3 Å². The van der Waals surface area contributed by atoms with Crippen molar-refractivity contribution in [3.05, 3.63) is 99.2 Å². The molecule has 2 heterocycles. The smallest absolute Gasteiger partial charge is 0.322 e. The van der Waals surface area contributed by atoms with Crippen LogP contribution in [-0.2, 0) is 6.42 Å². The highest BCUT2D eigenvalue weighted by Gasteiger charge is 2.34. The normalized spacial score (nSPS) is 15.6. The van der Waals surface area contributed by atoms with Crippen LogP contribution in [0.2, 0.25) is 10.0 Å². The highest BCUT2D eigenvalue weighted by Crippen LogP contribution is 2.39. The Hall–Kier alpha value is -3.09. The number of carbonyl (C=O) groups excluding carboxylic acids is 1. The summed E-state index contributed by atoms with van der Waals surface area (Å²) in [5.41, 5.74) is 3.99. The molecule has 162 valence electrons. The van der Waals surface area contributed by atoms with Gasteiger partial charge in [-0.25, -0.2) is 13.6 Å².